The molecule has 0 atom stereocenters. The van der Waals surface area contributed by atoms with Gasteiger partial charge < -0.3 is 14.8 Å². The van der Waals surface area contributed by atoms with Gasteiger partial charge in [0, 0.05) is 5.56 Å². The van der Waals surface area contributed by atoms with E-state index in [9.17, 15) is 14.0 Å². The number of ether oxygens (including phenoxy) is 2. The summed E-state index contributed by atoms with van der Waals surface area (Å²) in [6.45, 7) is 5.78. The number of halogens is 1. The molecule has 5 nitrogen and oxygen atoms in total. The standard InChI is InChI=1S/C20H22FNO4/c1-20(2,3)26-19(24)22-7-8-25-18-10-14(13-23)9-16(12-18)15-5-4-6-17(21)11-15/h4-6,9-13H,7-8H2,1-3H3,(H,22,24). The van der Waals surface area contributed by atoms with Crippen molar-refractivity contribution in [3.63, 3.8) is 0 Å². The Hall–Kier alpha value is -2.89. The third kappa shape index (κ3) is 6.20. The van der Waals surface area contributed by atoms with Crippen LogP contribution in [0, 0.1) is 5.82 Å². The van der Waals surface area contributed by atoms with Crippen molar-refractivity contribution < 1.29 is 23.5 Å². The molecule has 26 heavy (non-hydrogen) atoms. The Morgan fingerprint density at radius 1 is 1.15 bits per heavy atom. The fourth-order valence-corrected chi connectivity index (χ4v) is 2.24. The normalized spacial score (nSPS) is 10.9. The number of nitrogens with one attached hydrogen (secondary N) is 1. The van der Waals surface area contributed by atoms with Gasteiger partial charge in [-0.05, 0) is 62.2 Å². The van der Waals surface area contributed by atoms with Crippen LogP contribution >= 0.6 is 0 Å². The van der Waals surface area contributed by atoms with Crippen LogP contribution in [-0.4, -0.2) is 31.1 Å². The zero-order valence-electron chi connectivity index (χ0n) is 15.0. The summed E-state index contributed by atoms with van der Waals surface area (Å²) in [5.41, 5.74) is 1.17. The van der Waals surface area contributed by atoms with Crippen molar-refractivity contribution in [3.8, 4) is 16.9 Å². The number of hydrogen-bond donors (Lipinski definition) is 1. The summed E-state index contributed by atoms with van der Waals surface area (Å²) < 4.78 is 24.2. The number of carbonyl (C=O) groups excluding carboxylic acids is 2. The van der Waals surface area contributed by atoms with Crippen molar-refractivity contribution in [2.75, 3.05) is 13.2 Å². The zero-order valence-corrected chi connectivity index (χ0v) is 15.0. The van der Waals surface area contributed by atoms with E-state index in [1.165, 1.54) is 12.1 Å². The molecular weight excluding hydrogens is 337 g/mol. The van der Waals surface area contributed by atoms with Crippen molar-refractivity contribution in [3.05, 3.63) is 53.8 Å². The van der Waals surface area contributed by atoms with Crippen LogP contribution < -0.4 is 10.1 Å². The first-order valence-corrected chi connectivity index (χ1v) is 8.23. The molecule has 2 aromatic rings. The molecule has 1 amide bonds. The van der Waals surface area contributed by atoms with Crippen LogP contribution in [0.4, 0.5) is 9.18 Å². The molecule has 0 bridgehead atoms. The summed E-state index contributed by atoms with van der Waals surface area (Å²) >= 11 is 0. The Labute approximate surface area is 152 Å². The minimum atomic E-state index is -0.566. The van der Waals surface area contributed by atoms with E-state index in [-0.39, 0.29) is 19.0 Å². The number of alkyl carbamates (subject to hydrolysis) is 1. The van der Waals surface area contributed by atoms with Gasteiger partial charge in [-0.25, -0.2) is 9.18 Å². The smallest absolute Gasteiger partial charge is 0.407 e. The molecule has 0 fully saturated rings. The van der Waals surface area contributed by atoms with Gasteiger partial charge in [0.25, 0.3) is 0 Å². The molecular formula is C20H22FNO4. The van der Waals surface area contributed by atoms with Gasteiger partial charge in [0.1, 0.15) is 30.1 Å². The van der Waals surface area contributed by atoms with Crippen LogP contribution in [0.25, 0.3) is 11.1 Å². The van der Waals surface area contributed by atoms with E-state index in [0.717, 1.165) is 0 Å². The van der Waals surface area contributed by atoms with E-state index < -0.39 is 11.7 Å². The van der Waals surface area contributed by atoms with Gasteiger partial charge in [-0.1, -0.05) is 12.1 Å². The average Bonchev–Trinajstić information content (AvgIpc) is 2.57. The molecule has 6 heteroatoms. The Morgan fingerprint density at radius 2 is 1.92 bits per heavy atom. The minimum Gasteiger partial charge on any atom is -0.492 e. The fraction of sp³-hybridized carbons (Fsp3) is 0.300. The maximum atomic E-state index is 13.4. The second-order valence-corrected chi connectivity index (χ2v) is 6.70. The largest absolute Gasteiger partial charge is 0.492 e. The summed E-state index contributed by atoms with van der Waals surface area (Å²) in [5, 5.41) is 2.59. The highest BCUT2D eigenvalue weighted by Crippen LogP contribution is 2.26. The number of benzene rings is 2. The van der Waals surface area contributed by atoms with Gasteiger partial charge in [-0.3, -0.25) is 4.79 Å². The van der Waals surface area contributed by atoms with Gasteiger partial charge in [-0.2, -0.15) is 0 Å². The molecule has 0 aliphatic carbocycles. The highest BCUT2D eigenvalue weighted by Gasteiger charge is 2.15. The third-order valence-electron chi connectivity index (χ3n) is 3.26. The van der Waals surface area contributed by atoms with E-state index >= 15 is 0 Å². The summed E-state index contributed by atoms with van der Waals surface area (Å²) in [6.07, 6.45) is 0.178. The van der Waals surface area contributed by atoms with E-state index in [4.69, 9.17) is 9.47 Å². The van der Waals surface area contributed by atoms with Crippen molar-refractivity contribution in [1.82, 2.24) is 5.32 Å². The molecule has 0 saturated heterocycles. The first kappa shape index (κ1) is 19.4. The minimum absolute atomic E-state index is 0.199. The summed E-state index contributed by atoms with van der Waals surface area (Å²) in [7, 11) is 0. The van der Waals surface area contributed by atoms with Crippen LogP contribution in [0.15, 0.2) is 42.5 Å². The highest BCUT2D eigenvalue weighted by atomic mass is 19.1. The van der Waals surface area contributed by atoms with Crippen molar-refractivity contribution >= 4 is 12.4 Å². The van der Waals surface area contributed by atoms with E-state index in [0.29, 0.717) is 28.7 Å². The lowest BCUT2D eigenvalue weighted by atomic mass is 10.0. The van der Waals surface area contributed by atoms with Gasteiger partial charge >= 0.3 is 6.09 Å². The molecule has 0 aliphatic rings. The first-order valence-electron chi connectivity index (χ1n) is 8.23. The predicted octanol–water partition coefficient (Wildman–Crippen LogP) is 4.21. The third-order valence-corrected chi connectivity index (χ3v) is 3.26. The maximum Gasteiger partial charge on any atom is 0.407 e. The molecule has 2 rings (SSSR count). The lowest BCUT2D eigenvalue weighted by molar-refractivity contribution is 0.0520. The average molecular weight is 359 g/mol. The second-order valence-electron chi connectivity index (χ2n) is 6.70. The van der Waals surface area contributed by atoms with E-state index in [1.54, 1.807) is 51.1 Å². The molecule has 0 aromatic heterocycles. The van der Waals surface area contributed by atoms with Gasteiger partial charge in [0.15, 0.2) is 0 Å². The quantitative estimate of drug-likeness (QED) is 0.620. The molecule has 0 heterocycles. The second kappa shape index (κ2) is 8.47. The molecule has 0 radical (unpaired) electrons. The van der Waals surface area contributed by atoms with Crippen LogP contribution in [0.3, 0.4) is 0 Å². The SMILES string of the molecule is CC(C)(C)OC(=O)NCCOc1cc(C=O)cc(-c2cccc(F)c2)c1. The number of rotatable bonds is 6. The van der Waals surface area contributed by atoms with E-state index in [2.05, 4.69) is 5.32 Å². The number of carbonyl (C=O) groups is 2. The van der Waals surface area contributed by atoms with Crippen molar-refractivity contribution in [2.45, 2.75) is 26.4 Å². The van der Waals surface area contributed by atoms with Gasteiger partial charge in [-0.15, -0.1) is 0 Å². The zero-order chi connectivity index (χ0) is 19.2. The van der Waals surface area contributed by atoms with E-state index in [1.807, 2.05) is 0 Å². The number of aldehydes is 1. The maximum absolute atomic E-state index is 13.4. The topological polar surface area (TPSA) is 64.6 Å². The van der Waals surface area contributed by atoms with Crippen molar-refractivity contribution in [1.29, 1.82) is 0 Å². The van der Waals surface area contributed by atoms with Gasteiger partial charge in [0.05, 0.1) is 6.54 Å². The Balaban J connectivity index is 2.00. The summed E-state index contributed by atoms with van der Waals surface area (Å²) in [5.74, 6) is 0.0999. The van der Waals surface area contributed by atoms with Gasteiger partial charge in [0.2, 0.25) is 0 Å². The molecule has 0 unspecified atom stereocenters. The number of amides is 1. The Kier molecular flexibility index (Phi) is 6.33. The summed E-state index contributed by atoms with van der Waals surface area (Å²) in [4.78, 5) is 22.7. The molecule has 2 aromatic carbocycles. The predicted molar refractivity (Wildman–Crippen MR) is 97.0 cm³/mol. The lowest BCUT2D eigenvalue weighted by Crippen LogP contribution is -2.34. The van der Waals surface area contributed by atoms with Crippen LogP contribution in [0.2, 0.25) is 0 Å². The Morgan fingerprint density at radius 3 is 2.58 bits per heavy atom. The number of hydrogen-bond acceptors (Lipinski definition) is 4. The van der Waals surface area contributed by atoms with Crippen LogP contribution in [-0.2, 0) is 4.74 Å². The molecule has 0 saturated carbocycles. The summed E-state index contributed by atoms with van der Waals surface area (Å²) in [6, 6.07) is 11.1. The molecule has 1 N–H and O–H groups in total. The molecule has 138 valence electrons. The Bertz CT molecular complexity index is 784. The van der Waals surface area contributed by atoms with Crippen molar-refractivity contribution in [2.24, 2.45) is 0 Å². The fourth-order valence-electron chi connectivity index (χ4n) is 2.24. The first-order chi connectivity index (χ1) is 12.3. The monoisotopic (exact) mass is 359 g/mol. The van der Waals surface area contributed by atoms with Crippen LogP contribution in [0.5, 0.6) is 5.75 Å². The molecule has 0 aliphatic heterocycles. The lowest BCUT2D eigenvalue weighted by Gasteiger charge is -2.19. The highest BCUT2D eigenvalue weighted by molar-refractivity contribution is 5.80. The van der Waals surface area contributed by atoms with Crippen LogP contribution in [0.1, 0.15) is 31.1 Å². The molecule has 0 spiro atoms.